The molecule has 0 bridgehead atoms. The molecule has 14 N–H and O–H groups in total. The molecule has 426 valence electrons. The van der Waals surface area contributed by atoms with Gasteiger partial charge in [-0.25, -0.2) is 0 Å². The highest BCUT2D eigenvalue weighted by Crippen LogP contribution is 2.70. The number of hydrogen-bond donors (Lipinski definition) is 14. The Balaban J connectivity index is 0.849. The van der Waals surface area contributed by atoms with Gasteiger partial charge in [0.25, 0.3) is 0 Å². The fourth-order valence-electron chi connectivity index (χ4n) is 15.0. The van der Waals surface area contributed by atoms with Gasteiger partial charge in [0.05, 0.1) is 44.7 Å². The van der Waals surface area contributed by atoms with Crippen LogP contribution in [0.15, 0.2) is 11.6 Å². The van der Waals surface area contributed by atoms with Gasteiger partial charge in [-0.05, 0) is 98.7 Å². The zero-order valence-electron chi connectivity index (χ0n) is 42.9. The van der Waals surface area contributed by atoms with Gasteiger partial charge in [-0.1, -0.05) is 39.3 Å². The molecule has 9 aliphatic rings. The minimum Gasteiger partial charge on any atom is -0.394 e. The average Bonchev–Trinajstić information content (AvgIpc) is 3.82. The van der Waals surface area contributed by atoms with Crippen molar-refractivity contribution in [1.82, 2.24) is 0 Å². The lowest BCUT2D eigenvalue weighted by Crippen LogP contribution is -2.67. The Labute approximate surface area is 430 Å². The van der Waals surface area contributed by atoms with E-state index in [0.29, 0.717) is 43.4 Å². The topological polar surface area (TPSA) is 366 Å². The van der Waals surface area contributed by atoms with Gasteiger partial charge in [-0.3, -0.25) is 0 Å². The summed E-state index contributed by atoms with van der Waals surface area (Å²) in [6.07, 6.45) is -22.1. The summed E-state index contributed by atoms with van der Waals surface area (Å²) in [5.74, 6) is -0.310. The maximum Gasteiger partial charge on any atom is 0.187 e. The van der Waals surface area contributed by atoms with Crippen molar-refractivity contribution in [3.05, 3.63) is 11.6 Å². The summed E-state index contributed by atoms with van der Waals surface area (Å²) in [5.41, 5.74) is 1.02. The highest BCUT2D eigenvalue weighted by Gasteiger charge is 2.68. The molecule has 0 spiro atoms. The number of allylic oxidation sites excluding steroid dienone is 1. The Morgan fingerprint density at radius 1 is 0.635 bits per heavy atom. The number of hydrogen-bond acceptors (Lipinski definition) is 23. The summed E-state index contributed by atoms with van der Waals surface area (Å²) >= 11 is 0. The fraction of sp³-hybridized carbons (Fsp3) is 0.961. The van der Waals surface area contributed by atoms with Gasteiger partial charge in [0, 0.05) is 12.3 Å². The van der Waals surface area contributed by atoms with Crippen LogP contribution in [0.1, 0.15) is 92.4 Å². The predicted molar refractivity (Wildman–Crippen MR) is 250 cm³/mol. The summed E-state index contributed by atoms with van der Waals surface area (Å²) in [7, 11) is 0. The lowest BCUT2D eigenvalue weighted by Gasteiger charge is -2.58. The molecule has 0 aromatic carbocycles. The smallest absolute Gasteiger partial charge is 0.187 e. The Morgan fingerprint density at radius 3 is 1.86 bits per heavy atom. The molecule has 4 aliphatic carbocycles. The first kappa shape index (κ1) is 57.5. The predicted octanol–water partition coefficient (Wildman–Crippen LogP) is -3.01. The van der Waals surface area contributed by atoms with Gasteiger partial charge in [0.2, 0.25) is 0 Å². The molecule has 0 aromatic rings. The van der Waals surface area contributed by atoms with Crippen molar-refractivity contribution in [2.45, 2.75) is 233 Å². The van der Waals surface area contributed by atoms with E-state index in [1.54, 1.807) is 0 Å². The molecule has 9 rings (SSSR count). The van der Waals surface area contributed by atoms with Crippen LogP contribution in [-0.4, -0.2) is 239 Å². The minimum absolute atomic E-state index is 0.0705. The molecule has 0 aromatic heterocycles. The second kappa shape index (κ2) is 22.4. The third kappa shape index (κ3) is 10.2. The lowest BCUT2D eigenvalue weighted by atomic mass is 9.47. The quantitative estimate of drug-likeness (QED) is 0.0727. The van der Waals surface area contributed by atoms with E-state index < -0.39 is 155 Å². The molecular weight excluding hydrogens is 981 g/mol. The third-order valence-corrected chi connectivity index (χ3v) is 19.5. The molecule has 5 aliphatic heterocycles. The summed E-state index contributed by atoms with van der Waals surface area (Å²) in [6.45, 7) is 8.35. The van der Waals surface area contributed by atoms with E-state index in [1.165, 1.54) is 12.5 Å². The van der Waals surface area contributed by atoms with E-state index >= 15 is 0 Å². The van der Waals surface area contributed by atoms with Crippen molar-refractivity contribution in [2.75, 3.05) is 26.4 Å². The highest BCUT2D eigenvalue weighted by molar-refractivity contribution is 5.26. The molecule has 74 heavy (non-hydrogen) atoms. The Morgan fingerprint density at radius 2 is 1.22 bits per heavy atom. The first-order valence-electron chi connectivity index (χ1n) is 26.9. The summed E-state index contributed by atoms with van der Waals surface area (Å²) in [6, 6.07) is 0. The highest BCUT2D eigenvalue weighted by atomic mass is 16.8. The van der Waals surface area contributed by atoms with E-state index in [0.717, 1.165) is 32.1 Å². The second-order valence-corrected chi connectivity index (χ2v) is 23.8. The average molecular weight is 1070 g/mol. The van der Waals surface area contributed by atoms with Crippen LogP contribution in [0.25, 0.3) is 0 Å². The third-order valence-electron chi connectivity index (χ3n) is 19.5. The molecule has 23 nitrogen and oxygen atoms in total. The second-order valence-electron chi connectivity index (χ2n) is 23.8. The first-order chi connectivity index (χ1) is 35.0. The molecule has 5 heterocycles. The van der Waals surface area contributed by atoms with Crippen molar-refractivity contribution >= 4 is 0 Å². The Bertz CT molecular complexity index is 1920. The first-order valence-corrected chi connectivity index (χ1v) is 26.9. The molecule has 0 amide bonds. The van der Waals surface area contributed by atoms with E-state index in [9.17, 15) is 71.5 Å². The van der Waals surface area contributed by atoms with Gasteiger partial charge >= 0.3 is 0 Å². The Hall–Kier alpha value is -1.18. The van der Waals surface area contributed by atoms with Gasteiger partial charge in [0.1, 0.15) is 91.6 Å². The number of aliphatic hydroxyl groups is 14. The van der Waals surface area contributed by atoms with Gasteiger partial charge < -0.3 is 114 Å². The summed E-state index contributed by atoms with van der Waals surface area (Å²) < 4.78 is 54.4. The molecular formula is C51H84O23. The monoisotopic (exact) mass is 1060 g/mol. The zero-order valence-corrected chi connectivity index (χ0v) is 42.9. The lowest BCUT2D eigenvalue weighted by molar-refractivity contribution is -0.389. The van der Waals surface area contributed by atoms with Gasteiger partial charge in [-0.15, -0.1) is 0 Å². The van der Waals surface area contributed by atoms with Crippen LogP contribution in [0.2, 0.25) is 0 Å². The fourth-order valence-corrected chi connectivity index (χ4v) is 15.0. The van der Waals surface area contributed by atoms with Crippen molar-refractivity contribution < 1.29 is 114 Å². The number of aliphatic hydroxyl groups excluding tert-OH is 13. The normalized spacial score (nSPS) is 54.9. The van der Waals surface area contributed by atoms with Crippen LogP contribution in [0, 0.1) is 46.3 Å². The van der Waals surface area contributed by atoms with Crippen molar-refractivity contribution in [3.63, 3.8) is 0 Å². The largest absolute Gasteiger partial charge is 0.394 e. The molecule has 8 fully saturated rings. The number of fused-ring (bicyclic) bond motifs is 7. The SMILES string of the molecule is CC(CCC1(O)O[C@H]2C[C@H]3[C@@H]4CC=C5C[C@@H](O[C@@H]6O[C@H](CO)[C@@H](O[C@@H]7O[C@H](CO)[C@@H](O)[C@H](O)[C@H]7O)[C@H](O)[C@H]6O[C@@H]6O[C@@H](C)[C@H](O)[C@@H](O)[C@H]6O)CC[C@]5(C)[C@H]4CC[C@]3(C)[C@H]2[C@@H]1C)CO[C@@H]1O[C@H](CO)[C@@H](O)[C@H](O)[C@H]1O. The summed E-state index contributed by atoms with van der Waals surface area (Å²) in [5, 5.41) is 148. The maximum atomic E-state index is 12.1. The molecule has 23 heteroatoms. The molecule has 2 unspecified atom stereocenters. The molecule has 0 radical (unpaired) electrons. The zero-order chi connectivity index (χ0) is 53.5. The van der Waals surface area contributed by atoms with Crippen molar-refractivity contribution in [3.8, 4) is 0 Å². The van der Waals surface area contributed by atoms with E-state index in [2.05, 4.69) is 26.8 Å². The standard InChI is InChI=1S/C51H84O23/c1-20(19-66-45-39(61)37(59)34(56)29(16-52)69-45)8-13-51(65)21(2)32-28(74-51)15-27-25-7-6-23-14-24(9-11-49(23,4)26(25)10-12-50(27,32)5)68-48-44(73-46-40(62)36(58)33(55)22(3)67-46)42(64)43(31(18-54)71-48)72-47-41(63)38(60)35(57)30(17-53)70-47/h6,20-22,24-48,52-65H,7-19H2,1-5H3/t20?,21-,22-,24-,25+,26-,27-,28-,29+,30+,31+,32-,33-,34+,35+,36+,37-,38-,39+,40+,41+,42-,43+,44+,45+,46-,47-,48+,49-,50-,51?/m0/s1. The van der Waals surface area contributed by atoms with Crippen molar-refractivity contribution in [1.29, 1.82) is 0 Å². The minimum atomic E-state index is -1.85. The summed E-state index contributed by atoms with van der Waals surface area (Å²) in [4.78, 5) is 0. The van der Waals surface area contributed by atoms with Gasteiger partial charge in [0.15, 0.2) is 30.9 Å². The van der Waals surface area contributed by atoms with E-state index in [4.69, 9.17) is 42.6 Å². The molecule has 3 saturated carbocycles. The van der Waals surface area contributed by atoms with Crippen molar-refractivity contribution in [2.24, 2.45) is 46.3 Å². The Kier molecular flexibility index (Phi) is 17.4. The molecule has 5 saturated heterocycles. The number of rotatable bonds is 15. The number of ether oxygens (including phenoxy) is 9. The van der Waals surface area contributed by atoms with Crippen LogP contribution >= 0.6 is 0 Å². The molecule has 31 atom stereocenters. The van der Waals surface area contributed by atoms with E-state index in [-0.39, 0.29) is 41.3 Å². The van der Waals surface area contributed by atoms with Gasteiger partial charge in [-0.2, -0.15) is 0 Å². The van der Waals surface area contributed by atoms with Crippen LogP contribution < -0.4 is 0 Å². The van der Waals surface area contributed by atoms with Crippen LogP contribution in [0.5, 0.6) is 0 Å². The van der Waals surface area contributed by atoms with Crippen LogP contribution in [0.4, 0.5) is 0 Å². The van der Waals surface area contributed by atoms with E-state index in [1.807, 2.05) is 6.92 Å². The maximum absolute atomic E-state index is 12.1. The van der Waals surface area contributed by atoms with Crippen LogP contribution in [0.3, 0.4) is 0 Å². The van der Waals surface area contributed by atoms with Crippen LogP contribution in [-0.2, 0) is 42.6 Å².